The van der Waals surface area contributed by atoms with Crippen molar-refractivity contribution in [1.82, 2.24) is 9.55 Å². The molecule has 0 radical (unpaired) electrons. The molecule has 8 nitrogen and oxygen atoms in total. The van der Waals surface area contributed by atoms with Gasteiger partial charge in [0.2, 0.25) is 5.43 Å². The average molecular weight is 462 g/mol. The van der Waals surface area contributed by atoms with E-state index in [0.717, 1.165) is 11.2 Å². The molecular weight excluding hydrogens is 442 g/mol. The fourth-order valence-electron chi connectivity index (χ4n) is 4.37. The van der Waals surface area contributed by atoms with Crippen LogP contribution in [-0.4, -0.2) is 38.8 Å². The summed E-state index contributed by atoms with van der Waals surface area (Å²) < 4.78 is 32.6. The molecule has 0 bridgehead atoms. The van der Waals surface area contributed by atoms with E-state index in [2.05, 4.69) is 4.98 Å². The molecule has 2 aromatic heterocycles. The number of hydrogen-bond acceptors (Lipinski definition) is 7. The maximum atomic E-state index is 15.8. The van der Waals surface area contributed by atoms with Crippen molar-refractivity contribution in [2.24, 2.45) is 0 Å². The van der Waals surface area contributed by atoms with Gasteiger partial charge in [-0.15, -0.1) is 11.3 Å². The van der Waals surface area contributed by atoms with Crippen LogP contribution >= 0.6 is 11.3 Å². The third-order valence-electron chi connectivity index (χ3n) is 6.12. The first-order valence-corrected chi connectivity index (χ1v) is 11.1. The Morgan fingerprint density at radius 2 is 2.03 bits per heavy atom. The summed E-state index contributed by atoms with van der Waals surface area (Å²) in [5.74, 6) is -3.50. The van der Waals surface area contributed by atoms with Crippen molar-refractivity contribution in [2.45, 2.75) is 37.8 Å². The molecule has 5 rings (SSSR count). The lowest BCUT2D eigenvalue weighted by Crippen LogP contribution is -2.26. The number of pyridine rings is 1. The number of hydrogen-bond donors (Lipinski definition) is 3. The lowest BCUT2D eigenvalue weighted by atomic mass is 10.1. The minimum Gasteiger partial charge on any atom is -0.477 e. The van der Waals surface area contributed by atoms with E-state index in [1.165, 1.54) is 15.9 Å². The number of aromatic nitrogens is 2. The quantitative estimate of drug-likeness (QED) is 0.499. The van der Waals surface area contributed by atoms with Crippen LogP contribution in [0.3, 0.4) is 0 Å². The zero-order valence-corrected chi connectivity index (χ0v) is 17.7. The Bertz CT molecular complexity index is 1320. The highest BCUT2D eigenvalue weighted by molar-refractivity contribution is 7.09. The van der Waals surface area contributed by atoms with Crippen LogP contribution in [0.4, 0.5) is 20.2 Å². The summed E-state index contributed by atoms with van der Waals surface area (Å²) in [6.45, 7) is 0.491. The zero-order valence-electron chi connectivity index (χ0n) is 16.8. The standard InChI is InChI=1S/C21H20F2N4O4S/c22-14-16(24)13-17(27(11-1-2-11)6-12(19(13)29)21(30)31)15(23)18(14)26-4-3-9(5-26)20-25-10(7-28)8-32-20/h6,8-9,11,28H,1-5,7,24H2,(H,30,31). The van der Waals surface area contributed by atoms with Gasteiger partial charge in [0.25, 0.3) is 0 Å². The topological polar surface area (TPSA) is 122 Å². The van der Waals surface area contributed by atoms with Crippen molar-refractivity contribution in [3.05, 3.63) is 49.7 Å². The third kappa shape index (κ3) is 3.15. The number of nitrogens with zero attached hydrogens (tertiary/aromatic N) is 3. The lowest BCUT2D eigenvalue weighted by molar-refractivity contribution is 0.0695. The van der Waals surface area contributed by atoms with Crippen LogP contribution in [0.25, 0.3) is 10.9 Å². The number of nitrogen functional groups attached to an aromatic ring is 1. The second kappa shape index (κ2) is 7.52. The van der Waals surface area contributed by atoms with Crippen LogP contribution in [0.2, 0.25) is 0 Å². The Morgan fingerprint density at radius 1 is 1.28 bits per heavy atom. The summed E-state index contributed by atoms with van der Waals surface area (Å²) in [5.41, 5.74) is 3.96. The second-order valence-electron chi connectivity index (χ2n) is 8.20. The normalized spacial score (nSPS) is 18.6. The number of aliphatic hydroxyl groups is 1. The molecule has 1 aliphatic heterocycles. The number of rotatable bonds is 5. The number of thiazole rings is 1. The molecule has 32 heavy (non-hydrogen) atoms. The molecule has 1 aromatic carbocycles. The van der Waals surface area contributed by atoms with E-state index < -0.39 is 39.7 Å². The van der Waals surface area contributed by atoms with Crippen LogP contribution in [0.1, 0.15) is 52.3 Å². The largest absolute Gasteiger partial charge is 0.477 e. The number of nitrogens with two attached hydrogens (primary N) is 1. The molecule has 1 aliphatic carbocycles. The lowest BCUT2D eigenvalue weighted by Gasteiger charge is -2.23. The average Bonchev–Trinajstić information content (AvgIpc) is 3.30. The Hall–Kier alpha value is -3.05. The van der Waals surface area contributed by atoms with Gasteiger partial charge in [0, 0.05) is 36.6 Å². The molecule has 2 aliphatic rings. The Balaban J connectivity index is 1.65. The number of benzene rings is 1. The number of aromatic carboxylic acids is 1. The molecule has 1 unspecified atom stereocenters. The van der Waals surface area contributed by atoms with Gasteiger partial charge < -0.3 is 25.4 Å². The molecule has 3 aromatic rings. The molecule has 2 fully saturated rings. The summed E-state index contributed by atoms with van der Waals surface area (Å²) in [4.78, 5) is 30.2. The Labute approximate surface area is 184 Å². The summed E-state index contributed by atoms with van der Waals surface area (Å²) in [7, 11) is 0. The summed E-state index contributed by atoms with van der Waals surface area (Å²) in [5, 5.41) is 20.7. The second-order valence-corrected chi connectivity index (χ2v) is 9.09. The summed E-state index contributed by atoms with van der Waals surface area (Å²) in [6, 6.07) is -0.165. The summed E-state index contributed by atoms with van der Waals surface area (Å²) in [6.07, 6.45) is 3.15. The number of halogens is 2. The molecule has 0 amide bonds. The monoisotopic (exact) mass is 462 g/mol. The minimum absolute atomic E-state index is 0.0592. The predicted octanol–water partition coefficient (Wildman–Crippen LogP) is 2.84. The molecule has 168 valence electrons. The van der Waals surface area contributed by atoms with E-state index in [9.17, 15) is 19.8 Å². The highest BCUT2D eigenvalue weighted by Gasteiger charge is 2.35. The van der Waals surface area contributed by atoms with Crippen molar-refractivity contribution < 1.29 is 23.8 Å². The molecule has 1 atom stereocenters. The smallest absolute Gasteiger partial charge is 0.341 e. The van der Waals surface area contributed by atoms with Crippen LogP contribution in [0.5, 0.6) is 0 Å². The van der Waals surface area contributed by atoms with Gasteiger partial charge in [-0.1, -0.05) is 0 Å². The maximum Gasteiger partial charge on any atom is 0.341 e. The molecule has 1 saturated heterocycles. The van der Waals surface area contributed by atoms with Gasteiger partial charge in [0.1, 0.15) is 11.3 Å². The number of aliphatic hydroxyl groups excluding tert-OH is 1. The van der Waals surface area contributed by atoms with E-state index in [-0.39, 0.29) is 29.8 Å². The van der Waals surface area contributed by atoms with Crippen LogP contribution < -0.4 is 16.1 Å². The van der Waals surface area contributed by atoms with Crippen molar-refractivity contribution in [2.75, 3.05) is 23.7 Å². The van der Waals surface area contributed by atoms with Crippen LogP contribution in [0.15, 0.2) is 16.4 Å². The third-order valence-corrected chi connectivity index (χ3v) is 7.18. The number of carboxylic acids is 1. The van der Waals surface area contributed by atoms with E-state index in [1.54, 1.807) is 10.3 Å². The first kappa shape index (κ1) is 20.8. The first-order valence-electron chi connectivity index (χ1n) is 10.2. The van der Waals surface area contributed by atoms with Gasteiger partial charge >= 0.3 is 5.97 Å². The molecular formula is C21H20F2N4O4S. The highest BCUT2D eigenvalue weighted by Crippen LogP contribution is 2.43. The van der Waals surface area contributed by atoms with Crippen molar-refractivity contribution >= 4 is 39.6 Å². The van der Waals surface area contributed by atoms with Gasteiger partial charge in [-0.2, -0.15) is 0 Å². The van der Waals surface area contributed by atoms with Crippen molar-refractivity contribution in [1.29, 1.82) is 0 Å². The van der Waals surface area contributed by atoms with Crippen molar-refractivity contribution in [3.63, 3.8) is 0 Å². The van der Waals surface area contributed by atoms with Gasteiger partial charge in [0.05, 0.1) is 33.9 Å². The van der Waals surface area contributed by atoms with E-state index in [1.807, 2.05) is 0 Å². The molecule has 4 N–H and O–H groups in total. The number of carboxylic acid groups (broad SMARTS) is 1. The molecule has 1 saturated carbocycles. The Morgan fingerprint density at radius 3 is 2.66 bits per heavy atom. The zero-order chi connectivity index (χ0) is 22.7. The first-order chi connectivity index (χ1) is 15.3. The fourth-order valence-corrected chi connectivity index (χ4v) is 5.31. The van der Waals surface area contributed by atoms with Gasteiger partial charge in [0.15, 0.2) is 11.6 Å². The van der Waals surface area contributed by atoms with Crippen molar-refractivity contribution in [3.8, 4) is 0 Å². The number of fused-ring (bicyclic) bond motifs is 1. The Kier molecular flexibility index (Phi) is 4.90. The van der Waals surface area contributed by atoms with Gasteiger partial charge in [-0.25, -0.2) is 18.6 Å². The van der Waals surface area contributed by atoms with Gasteiger partial charge in [-0.3, -0.25) is 4.79 Å². The number of carbonyl (C=O) groups is 1. The highest BCUT2D eigenvalue weighted by atomic mass is 32.1. The fraction of sp³-hybridized carbons (Fsp3) is 0.381. The van der Waals surface area contributed by atoms with E-state index >= 15 is 8.78 Å². The number of anilines is 2. The SMILES string of the molecule is Nc1c(F)c(N2CCC(c3nc(CO)cs3)C2)c(F)c2c1c(=O)c(C(=O)O)cn2C1CC1. The van der Waals surface area contributed by atoms with Gasteiger partial charge in [-0.05, 0) is 19.3 Å². The van der Waals surface area contributed by atoms with Crippen LogP contribution in [0, 0.1) is 11.6 Å². The molecule has 3 heterocycles. The maximum absolute atomic E-state index is 15.8. The van der Waals surface area contributed by atoms with E-state index in [0.29, 0.717) is 38.0 Å². The summed E-state index contributed by atoms with van der Waals surface area (Å²) >= 11 is 1.39. The van der Waals surface area contributed by atoms with E-state index in [4.69, 9.17) is 5.73 Å². The van der Waals surface area contributed by atoms with Crippen LogP contribution in [-0.2, 0) is 6.61 Å². The molecule has 0 spiro atoms. The predicted molar refractivity (Wildman–Crippen MR) is 115 cm³/mol. The molecule has 11 heteroatoms. The minimum atomic E-state index is -1.47.